The number of hydrogen-bond donors (Lipinski definition) is 2. The van der Waals surface area contributed by atoms with Crippen LogP contribution in [0.25, 0.3) is 0 Å². The van der Waals surface area contributed by atoms with Gasteiger partial charge in [-0.2, -0.15) is 8.42 Å². The van der Waals surface area contributed by atoms with Gasteiger partial charge in [0.2, 0.25) is 0 Å². The second kappa shape index (κ2) is 6.08. The number of imidazole rings is 1. The van der Waals surface area contributed by atoms with Crippen molar-refractivity contribution in [1.82, 2.24) is 9.55 Å². The smallest absolute Gasteiger partial charge is 0.280 e. The predicted molar refractivity (Wildman–Crippen MR) is 94.7 cm³/mol. The number of anilines is 2. The lowest BCUT2D eigenvalue weighted by atomic mass is 10.1. The lowest BCUT2D eigenvalue weighted by Gasteiger charge is -2.11. The van der Waals surface area contributed by atoms with Crippen LogP contribution in [0.4, 0.5) is 11.4 Å². The third-order valence-corrected chi connectivity index (χ3v) is 6.48. The summed E-state index contributed by atoms with van der Waals surface area (Å²) in [6, 6.07) is 5.52. The van der Waals surface area contributed by atoms with Gasteiger partial charge < -0.3 is 9.88 Å². The summed E-state index contributed by atoms with van der Waals surface area (Å²) in [6.07, 6.45) is 0.960. The average Bonchev–Trinajstić information content (AvgIpc) is 3.11. The van der Waals surface area contributed by atoms with Crippen molar-refractivity contribution in [1.29, 1.82) is 0 Å². The van der Waals surface area contributed by atoms with E-state index in [0.717, 1.165) is 24.4 Å². The number of hydrogen-bond acceptors (Lipinski definition) is 5. The van der Waals surface area contributed by atoms with Gasteiger partial charge in [-0.1, -0.05) is 29.4 Å². The van der Waals surface area contributed by atoms with E-state index in [-0.39, 0.29) is 22.6 Å². The Morgan fingerprint density at radius 1 is 1.39 bits per heavy atom. The molecular formula is C13H14Cl2N4O2S2. The maximum absolute atomic E-state index is 12.7. The highest BCUT2D eigenvalue weighted by Crippen LogP contribution is 2.34. The van der Waals surface area contributed by atoms with Crippen LogP contribution in [0.5, 0.6) is 0 Å². The Bertz CT molecular complexity index is 867. The van der Waals surface area contributed by atoms with Crippen LogP contribution < -0.4 is 10.0 Å². The summed E-state index contributed by atoms with van der Waals surface area (Å²) < 4.78 is 29.6. The van der Waals surface area contributed by atoms with Gasteiger partial charge in [0.15, 0.2) is 15.3 Å². The molecule has 0 saturated heterocycles. The van der Waals surface area contributed by atoms with Crippen molar-refractivity contribution >= 4 is 57.2 Å². The molecule has 0 unspecified atom stereocenters. The topological polar surface area (TPSA) is 76.0 Å². The monoisotopic (exact) mass is 392 g/mol. The first-order valence-corrected chi connectivity index (χ1v) is 9.68. The minimum absolute atomic E-state index is 0. The minimum Gasteiger partial charge on any atom is -0.384 e. The van der Waals surface area contributed by atoms with E-state index in [2.05, 4.69) is 15.0 Å². The van der Waals surface area contributed by atoms with Gasteiger partial charge in [-0.05, 0) is 24.1 Å². The fourth-order valence-electron chi connectivity index (χ4n) is 2.74. The van der Waals surface area contributed by atoms with Gasteiger partial charge in [0.25, 0.3) is 10.0 Å². The van der Waals surface area contributed by atoms with Gasteiger partial charge in [0.1, 0.15) is 0 Å². The van der Waals surface area contributed by atoms with E-state index < -0.39 is 10.0 Å². The number of fused-ring (bicyclic) bond motifs is 2. The molecule has 2 aliphatic heterocycles. The largest absolute Gasteiger partial charge is 0.384 e. The number of sulfonamides is 1. The summed E-state index contributed by atoms with van der Waals surface area (Å²) >= 11 is 7.54. The van der Waals surface area contributed by atoms with Gasteiger partial charge in [0, 0.05) is 24.5 Å². The van der Waals surface area contributed by atoms with Gasteiger partial charge in [-0.3, -0.25) is 4.72 Å². The van der Waals surface area contributed by atoms with E-state index >= 15 is 0 Å². The van der Waals surface area contributed by atoms with Crippen molar-refractivity contribution in [3.05, 3.63) is 28.9 Å². The molecule has 2 aliphatic rings. The molecule has 0 spiro atoms. The summed E-state index contributed by atoms with van der Waals surface area (Å²) in [4.78, 5) is 4.12. The van der Waals surface area contributed by atoms with Crippen LogP contribution in [0.2, 0.25) is 5.15 Å². The fourth-order valence-corrected chi connectivity index (χ4v) is 5.55. The maximum atomic E-state index is 12.7. The van der Waals surface area contributed by atoms with Crippen molar-refractivity contribution < 1.29 is 8.42 Å². The zero-order valence-corrected chi connectivity index (χ0v) is 15.1. The zero-order valence-electron chi connectivity index (χ0n) is 11.9. The molecule has 10 heteroatoms. The third kappa shape index (κ3) is 2.88. The normalized spacial score (nSPS) is 15.5. The van der Waals surface area contributed by atoms with Crippen molar-refractivity contribution in [2.75, 3.05) is 22.3 Å². The molecule has 1 aromatic carbocycles. The van der Waals surface area contributed by atoms with Crippen molar-refractivity contribution in [3.63, 3.8) is 0 Å². The van der Waals surface area contributed by atoms with E-state index in [1.54, 1.807) is 10.6 Å². The highest BCUT2D eigenvalue weighted by molar-refractivity contribution is 7.99. The van der Waals surface area contributed by atoms with Crippen LogP contribution in [0.3, 0.4) is 0 Å². The highest BCUT2D eigenvalue weighted by Gasteiger charge is 2.30. The van der Waals surface area contributed by atoms with Gasteiger partial charge in [-0.25, -0.2) is 4.98 Å². The van der Waals surface area contributed by atoms with E-state index in [1.165, 1.54) is 17.3 Å². The molecule has 2 N–H and O–H groups in total. The van der Waals surface area contributed by atoms with Crippen molar-refractivity contribution in [3.8, 4) is 0 Å². The molecule has 1 aromatic heterocycles. The van der Waals surface area contributed by atoms with Gasteiger partial charge in [-0.15, -0.1) is 12.4 Å². The lowest BCUT2D eigenvalue weighted by Crippen LogP contribution is -2.17. The molecule has 0 saturated carbocycles. The van der Waals surface area contributed by atoms with Gasteiger partial charge >= 0.3 is 0 Å². The molecule has 3 heterocycles. The number of nitrogens with one attached hydrogen (secondary N) is 2. The van der Waals surface area contributed by atoms with E-state index in [1.807, 2.05) is 12.1 Å². The van der Waals surface area contributed by atoms with Crippen LogP contribution >= 0.6 is 35.8 Å². The molecule has 124 valence electrons. The predicted octanol–water partition coefficient (Wildman–Crippen LogP) is 2.83. The van der Waals surface area contributed by atoms with E-state index in [0.29, 0.717) is 17.4 Å². The number of benzene rings is 1. The SMILES string of the molecule is Cl.O=S(=O)(Nc1ccc2c(c1)NCC2)c1c(Cl)nc2n1CCS2. The Kier molecular flexibility index (Phi) is 4.43. The lowest BCUT2D eigenvalue weighted by molar-refractivity contribution is 0.577. The second-order valence-corrected chi connectivity index (χ2v) is 8.16. The highest BCUT2D eigenvalue weighted by atomic mass is 35.5. The standard InChI is InChI=1S/C13H13ClN4O2S2.ClH/c14-11-12(18-5-6-21-13(18)16-11)22(19,20)17-9-2-1-8-3-4-15-10(8)7-9;/h1-2,7,15,17H,3-6H2;1H. The summed E-state index contributed by atoms with van der Waals surface area (Å²) in [6.45, 7) is 1.48. The van der Waals surface area contributed by atoms with E-state index in [9.17, 15) is 8.42 Å². The molecule has 2 aromatic rings. The molecule has 0 atom stereocenters. The quantitative estimate of drug-likeness (QED) is 0.839. The number of aromatic nitrogens is 2. The Hall–Kier alpha value is -1.09. The molecule has 0 fully saturated rings. The first kappa shape index (κ1) is 16.8. The molecule has 23 heavy (non-hydrogen) atoms. The second-order valence-electron chi connectivity index (χ2n) is 5.14. The molecule has 0 bridgehead atoms. The van der Waals surface area contributed by atoms with Crippen LogP contribution in [0.1, 0.15) is 5.56 Å². The zero-order chi connectivity index (χ0) is 15.3. The minimum atomic E-state index is -3.77. The first-order valence-electron chi connectivity index (χ1n) is 6.83. The van der Waals surface area contributed by atoms with Crippen molar-refractivity contribution in [2.45, 2.75) is 23.1 Å². The van der Waals surface area contributed by atoms with Crippen LogP contribution in [-0.2, 0) is 23.0 Å². The van der Waals surface area contributed by atoms with Crippen LogP contribution in [0, 0.1) is 0 Å². The van der Waals surface area contributed by atoms with Crippen molar-refractivity contribution in [2.24, 2.45) is 0 Å². The number of thioether (sulfide) groups is 1. The summed E-state index contributed by atoms with van der Waals surface area (Å²) in [5, 5.41) is 3.95. The summed E-state index contributed by atoms with van der Waals surface area (Å²) in [7, 11) is -3.77. The number of rotatable bonds is 3. The van der Waals surface area contributed by atoms with Crippen LogP contribution in [-0.4, -0.2) is 30.3 Å². The Morgan fingerprint density at radius 2 is 2.22 bits per heavy atom. The maximum Gasteiger partial charge on any atom is 0.280 e. The summed E-state index contributed by atoms with van der Waals surface area (Å²) in [5.74, 6) is 0.810. The Balaban J connectivity index is 0.00000156. The summed E-state index contributed by atoms with van der Waals surface area (Å²) in [5.41, 5.74) is 2.69. The number of nitrogens with zero attached hydrogens (tertiary/aromatic N) is 2. The molecule has 0 amide bonds. The Morgan fingerprint density at radius 3 is 3.04 bits per heavy atom. The fraction of sp³-hybridized carbons (Fsp3) is 0.308. The molecule has 0 radical (unpaired) electrons. The average molecular weight is 393 g/mol. The molecular weight excluding hydrogens is 379 g/mol. The molecule has 6 nitrogen and oxygen atoms in total. The number of halogens is 2. The molecule has 4 rings (SSSR count). The van der Waals surface area contributed by atoms with Crippen LogP contribution in [0.15, 0.2) is 28.4 Å². The van der Waals surface area contributed by atoms with E-state index in [4.69, 9.17) is 11.6 Å². The Labute approximate surface area is 149 Å². The third-order valence-electron chi connectivity index (χ3n) is 3.72. The molecule has 0 aliphatic carbocycles. The first-order chi connectivity index (χ1) is 10.5. The van der Waals surface area contributed by atoms with Gasteiger partial charge in [0.05, 0.1) is 5.69 Å².